The monoisotopic (exact) mass is 266 g/mol. The van der Waals surface area contributed by atoms with Crippen LogP contribution in [0.25, 0.3) is 0 Å². The van der Waals surface area contributed by atoms with Crippen LogP contribution in [-0.4, -0.2) is 35.8 Å². The van der Waals surface area contributed by atoms with E-state index in [1.807, 2.05) is 12.3 Å². The van der Waals surface area contributed by atoms with Gasteiger partial charge in [-0.25, -0.2) is 0 Å². The number of thiophene rings is 1. The van der Waals surface area contributed by atoms with E-state index in [9.17, 15) is 9.59 Å². The molecule has 1 atom stereocenters. The van der Waals surface area contributed by atoms with E-state index in [-0.39, 0.29) is 24.4 Å². The Bertz CT molecular complexity index is 417. The van der Waals surface area contributed by atoms with Crippen molar-refractivity contribution in [3.63, 3.8) is 0 Å². The lowest BCUT2D eigenvalue weighted by Gasteiger charge is -2.34. The summed E-state index contributed by atoms with van der Waals surface area (Å²) < 4.78 is 0. The SMILES string of the molecule is CCCC1C(=O)NCC(=O)N1CCc1ccsc1. The maximum Gasteiger partial charge on any atom is 0.243 e. The van der Waals surface area contributed by atoms with Crippen molar-refractivity contribution in [1.29, 1.82) is 0 Å². The Labute approximate surface area is 111 Å². The lowest BCUT2D eigenvalue weighted by molar-refractivity contribution is -0.145. The molecule has 2 heterocycles. The van der Waals surface area contributed by atoms with E-state index in [2.05, 4.69) is 16.8 Å². The number of hydrogen-bond donors (Lipinski definition) is 1. The predicted octanol–water partition coefficient (Wildman–Crippen LogP) is 1.42. The van der Waals surface area contributed by atoms with Crippen LogP contribution in [0.4, 0.5) is 0 Å². The summed E-state index contributed by atoms with van der Waals surface area (Å²) in [5.41, 5.74) is 1.23. The van der Waals surface area contributed by atoms with Crippen molar-refractivity contribution in [2.75, 3.05) is 13.1 Å². The third kappa shape index (κ3) is 2.90. The molecule has 1 N–H and O–H groups in total. The second kappa shape index (κ2) is 6.00. The molecular weight excluding hydrogens is 248 g/mol. The van der Waals surface area contributed by atoms with Crippen LogP contribution >= 0.6 is 11.3 Å². The summed E-state index contributed by atoms with van der Waals surface area (Å²) in [6.45, 7) is 2.81. The van der Waals surface area contributed by atoms with Gasteiger partial charge in [0.1, 0.15) is 6.04 Å². The van der Waals surface area contributed by atoms with Crippen LogP contribution in [0.15, 0.2) is 16.8 Å². The topological polar surface area (TPSA) is 49.4 Å². The molecule has 0 bridgehead atoms. The highest BCUT2D eigenvalue weighted by Gasteiger charge is 2.33. The second-order valence-electron chi connectivity index (χ2n) is 4.49. The molecule has 1 fully saturated rings. The fourth-order valence-electron chi connectivity index (χ4n) is 2.22. The zero-order valence-corrected chi connectivity index (χ0v) is 11.3. The van der Waals surface area contributed by atoms with E-state index >= 15 is 0 Å². The summed E-state index contributed by atoms with van der Waals surface area (Å²) in [4.78, 5) is 25.4. The Morgan fingerprint density at radius 2 is 2.33 bits per heavy atom. The van der Waals surface area contributed by atoms with Gasteiger partial charge in [0.15, 0.2) is 0 Å². The van der Waals surface area contributed by atoms with Gasteiger partial charge in [-0.3, -0.25) is 9.59 Å². The third-order valence-electron chi connectivity index (χ3n) is 3.20. The number of hydrogen-bond acceptors (Lipinski definition) is 3. The average molecular weight is 266 g/mol. The summed E-state index contributed by atoms with van der Waals surface area (Å²) in [5, 5.41) is 6.78. The molecule has 0 aromatic carbocycles. The highest BCUT2D eigenvalue weighted by Crippen LogP contribution is 2.14. The first-order valence-corrected chi connectivity index (χ1v) is 7.25. The summed E-state index contributed by atoms with van der Waals surface area (Å²) in [5.74, 6) is 0.0186. The lowest BCUT2D eigenvalue weighted by Crippen LogP contribution is -2.58. The van der Waals surface area contributed by atoms with Gasteiger partial charge in [0.05, 0.1) is 6.54 Å². The molecule has 4 nitrogen and oxygen atoms in total. The molecule has 0 aliphatic carbocycles. The van der Waals surface area contributed by atoms with E-state index in [1.165, 1.54) is 5.56 Å². The van der Waals surface area contributed by atoms with Gasteiger partial charge in [-0.05, 0) is 35.2 Å². The first-order valence-electron chi connectivity index (χ1n) is 6.30. The number of amides is 2. The molecule has 1 unspecified atom stereocenters. The Balaban J connectivity index is 2.01. The van der Waals surface area contributed by atoms with Crippen molar-refractivity contribution < 1.29 is 9.59 Å². The number of piperazine rings is 1. The molecule has 0 saturated carbocycles. The third-order valence-corrected chi connectivity index (χ3v) is 3.93. The van der Waals surface area contributed by atoms with E-state index in [4.69, 9.17) is 0 Å². The minimum atomic E-state index is -0.283. The van der Waals surface area contributed by atoms with Crippen molar-refractivity contribution >= 4 is 23.2 Å². The summed E-state index contributed by atoms with van der Waals surface area (Å²) in [6.07, 6.45) is 2.46. The predicted molar refractivity (Wildman–Crippen MR) is 71.4 cm³/mol. The number of nitrogens with one attached hydrogen (secondary N) is 1. The molecule has 2 amide bonds. The van der Waals surface area contributed by atoms with Gasteiger partial charge < -0.3 is 10.2 Å². The number of nitrogens with zero attached hydrogens (tertiary/aromatic N) is 1. The second-order valence-corrected chi connectivity index (χ2v) is 5.27. The summed E-state index contributed by atoms with van der Waals surface area (Å²) in [6, 6.07) is 1.78. The van der Waals surface area contributed by atoms with E-state index < -0.39 is 0 Å². The minimum absolute atomic E-state index is 0.0123. The number of carbonyl (C=O) groups is 2. The summed E-state index contributed by atoms with van der Waals surface area (Å²) in [7, 11) is 0. The van der Waals surface area contributed by atoms with Crippen LogP contribution < -0.4 is 5.32 Å². The van der Waals surface area contributed by atoms with Crippen LogP contribution in [0, 0.1) is 0 Å². The van der Waals surface area contributed by atoms with E-state index in [1.54, 1.807) is 16.2 Å². The van der Waals surface area contributed by atoms with Gasteiger partial charge in [0.25, 0.3) is 0 Å². The molecular formula is C13H18N2O2S. The van der Waals surface area contributed by atoms with Crippen molar-refractivity contribution in [2.45, 2.75) is 32.2 Å². The molecule has 98 valence electrons. The number of carbonyl (C=O) groups excluding carboxylic acids is 2. The maximum absolute atomic E-state index is 11.9. The Morgan fingerprint density at radius 1 is 1.50 bits per heavy atom. The Hall–Kier alpha value is -1.36. The molecule has 0 radical (unpaired) electrons. The molecule has 1 aromatic rings. The van der Waals surface area contributed by atoms with Gasteiger partial charge in [0, 0.05) is 6.54 Å². The van der Waals surface area contributed by atoms with Crippen LogP contribution in [-0.2, 0) is 16.0 Å². The fourth-order valence-corrected chi connectivity index (χ4v) is 2.93. The van der Waals surface area contributed by atoms with Crippen LogP contribution in [0.5, 0.6) is 0 Å². The van der Waals surface area contributed by atoms with Crippen molar-refractivity contribution in [2.24, 2.45) is 0 Å². The standard InChI is InChI=1S/C13H18N2O2S/c1-2-3-11-13(17)14-8-12(16)15(11)6-4-10-5-7-18-9-10/h5,7,9,11H,2-4,6,8H2,1H3,(H,14,17). The molecule has 1 aliphatic heterocycles. The smallest absolute Gasteiger partial charge is 0.243 e. The molecule has 2 rings (SSSR count). The molecule has 1 aromatic heterocycles. The highest BCUT2D eigenvalue weighted by molar-refractivity contribution is 7.07. The van der Waals surface area contributed by atoms with Gasteiger partial charge in [0.2, 0.25) is 11.8 Å². The van der Waals surface area contributed by atoms with Gasteiger partial charge in [-0.1, -0.05) is 13.3 Å². The van der Waals surface area contributed by atoms with E-state index in [0.717, 1.165) is 19.3 Å². The van der Waals surface area contributed by atoms with Gasteiger partial charge in [-0.2, -0.15) is 11.3 Å². The quantitative estimate of drug-likeness (QED) is 0.876. The average Bonchev–Trinajstić information content (AvgIpc) is 2.86. The first kappa shape index (κ1) is 13.1. The fraction of sp³-hybridized carbons (Fsp3) is 0.538. The lowest BCUT2D eigenvalue weighted by atomic mass is 10.1. The van der Waals surface area contributed by atoms with Crippen LogP contribution in [0.2, 0.25) is 0 Å². The van der Waals surface area contributed by atoms with E-state index in [0.29, 0.717) is 6.54 Å². The largest absolute Gasteiger partial charge is 0.345 e. The zero-order valence-electron chi connectivity index (χ0n) is 10.5. The maximum atomic E-state index is 11.9. The molecule has 18 heavy (non-hydrogen) atoms. The highest BCUT2D eigenvalue weighted by atomic mass is 32.1. The van der Waals surface area contributed by atoms with Crippen molar-refractivity contribution in [1.82, 2.24) is 10.2 Å². The molecule has 5 heteroatoms. The summed E-state index contributed by atoms with van der Waals surface area (Å²) >= 11 is 1.66. The number of rotatable bonds is 5. The van der Waals surface area contributed by atoms with Crippen LogP contribution in [0.1, 0.15) is 25.3 Å². The Morgan fingerprint density at radius 3 is 3.00 bits per heavy atom. The van der Waals surface area contributed by atoms with Gasteiger partial charge >= 0.3 is 0 Å². The zero-order chi connectivity index (χ0) is 13.0. The van der Waals surface area contributed by atoms with Gasteiger partial charge in [-0.15, -0.1) is 0 Å². The minimum Gasteiger partial charge on any atom is -0.345 e. The van der Waals surface area contributed by atoms with Crippen molar-refractivity contribution in [3.05, 3.63) is 22.4 Å². The molecule has 1 aliphatic rings. The molecule has 0 spiro atoms. The first-order chi connectivity index (χ1) is 8.72. The van der Waals surface area contributed by atoms with Crippen LogP contribution in [0.3, 0.4) is 0 Å². The molecule has 1 saturated heterocycles. The normalized spacial score (nSPS) is 20.1. The van der Waals surface area contributed by atoms with Crippen molar-refractivity contribution in [3.8, 4) is 0 Å². The Kier molecular flexibility index (Phi) is 4.36.